The number of carbonyl (C=O) groups is 2. The highest BCUT2D eigenvalue weighted by molar-refractivity contribution is 6.51. The molecule has 2 heterocycles. The molecule has 1 aliphatic rings. The van der Waals surface area contributed by atoms with Crippen LogP contribution in [0.4, 0.5) is 5.69 Å². The molecule has 134 valence electrons. The first-order valence-electron chi connectivity index (χ1n) is 8.21. The lowest BCUT2D eigenvalue weighted by Crippen LogP contribution is -2.44. The van der Waals surface area contributed by atoms with Crippen LogP contribution in [0.1, 0.15) is 15.9 Å². The number of amides is 1. The minimum atomic E-state index is -0.491. The van der Waals surface area contributed by atoms with Crippen molar-refractivity contribution in [1.29, 1.82) is 0 Å². The molecule has 0 saturated carbocycles. The molecule has 0 unspecified atom stereocenters. The third kappa shape index (κ3) is 2.65. The molecule has 0 aliphatic carbocycles. The Kier molecular flexibility index (Phi) is 3.77. The Bertz CT molecular complexity index is 1250. The van der Waals surface area contributed by atoms with Gasteiger partial charge in [0.2, 0.25) is 5.78 Å². The van der Waals surface area contributed by atoms with Crippen LogP contribution in [-0.2, 0) is 4.79 Å². The van der Waals surface area contributed by atoms with Gasteiger partial charge in [0.15, 0.2) is 0 Å². The quantitative estimate of drug-likeness (QED) is 0.577. The molecule has 7 nitrogen and oxygen atoms in total. The van der Waals surface area contributed by atoms with Gasteiger partial charge in [0.1, 0.15) is 11.3 Å². The molecule has 3 N–H and O–H groups in total. The monoisotopic (exact) mass is 361 g/mol. The van der Waals surface area contributed by atoms with Crippen molar-refractivity contribution in [3.63, 3.8) is 0 Å². The van der Waals surface area contributed by atoms with E-state index in [4.69, 9.17) is 0 Å². The number of benzene rings is 2. The first-order chi connectivity index (χ1) is 13.0. The van der Waals surface area contributed by atoms with E-state index in [-0.39, 0.29) is 21.9 Å². The van der Waals surface area contributed by atoms with Gasteiger partial charge in [0.05, 0.1) is 16.3 Å². The van der Waals surface area contributed by atoms with E-state index in [0.717, 1.165) is 0 Å². The third-order valence-electron chi connectivity index (χ3n) is 4.52. The second kappa shape index (κ2) is 6.14. The summed E-state index contributed by atoms with van der Waals surface area (Å²) in [6, 6.07) is 13.1. The zero-order valence-corrected chi connectivity index (χ0v) is 14.3. The zero-order valence-electron chi connectivity index (χ0n) is 14.3. The largest absolute Gasteiger partial charge is 0.508 e. The molecule has 7 heteroatoms. The highest BCUT2D eigenvalue weighted by Gasteiger charge is 2.33. The van der Waals surface area contributed by atoms with Crippen molar-refractivity contribution in [2.24, 2.45) is 0 Å². The molecule has 27 heavy (non-hydrogen) atoms. The van der Waals surface area contributed by atoms with Crippen molar-refractivity contribution in [1.82, 2.24) is 10.2 Å². The van der Waals surface area contributed by atoms with E-state index in [0.29, 0.717) is 16.8 Å². The summed E-state index contributed by atoms with van der Waals surface area (Å²) in [5.41, 5.74) is 1.02. The number of hydrogen-bond donors (Lipinski definition) is 3. The first kappa shape index (κ1) is 16.6. The smallest absolute Gasteiger partial charge is 0.271 e. The number of phenols is 1. The fraction of sp³-hybridized carbons (Fsp3) is 0.0500. The zero-order chi connectivity index (χ0) is 19.1. The number of aromatic nitrogens is 2. The molecule has 3 aromatic rings. The SMILES string of the molecule is CN1C(=O)/C(=c2/[nH][nH]c(=O)/c2=C\c2ccc(O)cc2)C(=O)c2ccccc21. The minimum absolute atomic E-state index is 0.0976. The number of fused-ring (bicyclic) bond motifs is 1. The maximum absolute atomic E-state index is 13.0. The second-order valence-electron chi connectivity index (χ2n) is 6.19. The summed E-state index contributed by atoms with van der Waals surface area (Å²) in [6.07, 6.45) is 1.55. The average Bonchev–Trinajstić information content (AvgIpc) is 3.02. The lowest BCUT2D eigenvalue weighted by atomic mass is 9.95. The van der Waals surface area contributed by atoms with Gasteiger partial charge in [0, 0.05) is 12.6 Å². The number of para-hydroxylation sites is 1. The number of aromatic hydroxyl groups is 1. The van der Waals surface area contributed by atoms with Crippen molar-refractivity contribution < 1.29 is 14.7 Å². The average molecular weight is 361 g/mol. The lowest BCUT2D eigenvalue weighted by Gasteiger charge is -2.25. The molecule has 0 radical (unpaired) electrons. The Balaban J connectivity index is 2.03. The summed E-state index contributed by atoms with van der Waals surface area (Å²) in [6.45, 7) is 0. The van der Waals surface area contributed by atoms with Crippen LogP contribution < -0.4 is 21.0 Å². The van der Waals surface area contributed by atoms with E-state index in [1.807, 2.05) is 0 Å². The van der Waals surface area contributed by atoms with Crippen molar-refractivity contribution in [2.45, 2.75) is 0 Å². The molecule has 0 fully saturated rings. The van der Waals surface area contributed by atoms with E-state index in [1.165, 1.54) is 17.0 Å². The van der Waals surface area contributed by atoms with Crippen molar-refractivity contribution in [3.05, 3.63) is 80.6 Å². The number of ketones is 1. The lowest BCUT2D eigenvalue weighted by molar-refractivity contribution is -0.113. The van der Waals surface area contributed by atoms with Gasteiger partial charge in [-0.25, -0.2) is 0 Å². The fourth-order valence-electron chi connectivity index (χ4n) is 3.13. The van der Waals surface area contributed by atoms with E-state index in [9.17, 15) is 19.5 Å². The summed E-state index contributed by atoms with van der Waals surface area (Å²) in [5.74, 6) is -0.834. The summed E-state index contributed by atoms with van der Waals surface area (Å²) in [7, 11) is 1.59. The number of phenolic OH excluding ortho intramolecular Hbond substituents is 1. The fourth-order valence-corrected chi connectivity index (χ4v) is 3.13. The van der Waals surface area contributed by atoms with Gasteiger partial charge in [-0.1, -0.05) is 24.3 Å². The van der Waals surface area contributed by atoms with Crippen LogP contribution in [0.3, 0.4) is 0 Å². The Hall–Kier alpha value is -3.87. The molecule has 1 aliphatic heterocycles. The molecule has 0 bridgehead atoms. The van der Waals surface area contributed by atoms with Crippen LogP contribution in [0.25, 0.3) is 11.6 Å². The summed E-state index contributed by atoms with van der Waals surface area (Å²) in [5, 5.41) is 14.8. The molecular formula is C20H15N3O4. The van der Waals surface area contributed by atoms with Gasteiger partial charge in [-0.3, -0.25) is 24.6 Å². The van der Waals surface area contributed by atoms with E-state index >= 15 is 0 Å². The maximum atomic E-state index is 13.0. The molecule has 1 aromatic heterocycles. The maximum Gasteiger partial charge on any atom is 0.271 e. The molecule has 0 saturated heterocycles. The van der Waals surface area contributed by atoms with Crippen molar-refractivity contribution in [2.75, 3.05) is 11.9 Å². The van der Waals surface area contributed by atoms with E-state index in [2.05, 4.69) is 10.2 Å². The van der Waals surface area contributed by atoms with Crippen LogP contribution in [0.15, 0.2) is 53.3 Å². The van der Waals surface area contributed by atoms with Crippen LogP contribution in [0.5, 0.6) is 5.75 Å². The number of H-pyrrole nitrogens is 2. The van der Waals surface area contributed by atoms with Crippen molar-refractivity contribution in [3.8, 4) is 5.75 Å². The van der Waals surface area contributed by atoms with Crippen molar-refractivity contribution >= 4 is 29.0 Å². The first-order valence-corrected chi connectivity index (χ1v) is 8.21. The Morgan fingerprint density at radius 3 is 2.41 bits per heavy atom. The molecule has 2 aromatic carbocycles. The normalized spacial score (nSPS) is 16.6. The predicted molar refractivity (Wildman–Crippen MR) is 99.9 cm³/mol. The summed E-state index contributed by atoms with van der Waals surface area (Å²) in [4.78, 5) is 39.5. The molecular weight excluding hydrogens is 346 g/mol. The van der Waals surface area contributed by atoms with Crippen LogP contribution in [0.2, 0.25) is 0 Å². The number of aromatic amines is 2. The number of nitrogens with zero attached hydrogens (tertiary/aromatic N) is 1. The number of nitrogens with one attached hydrogen (secondary N) is 2. The molecule has 0 spiro atoms. The van der Waals surface area contributed by atoms with E-state index < -0.39 is 17.2 Å². The molecule has 0 atom stereocenters. The standard InChI is InChI=1S/C20H15N3O4/c1-23-15-5-3-2-4-13(15)18(25)16(20(23)27)17-14(19(26)22-21-17)10-11-6-8-12(24)9-7-11/h2-10,21,24H,1H3,(H,22,26)/b14-10-,17-16+. The number of Topliss-reactive ketones (excluding diaryl/α,β-unsaturated/α-hetero) is 1. The van der Waals surface area contributed by atoms with Gasteiger partial charge in [-0.05, 0) is 35.9 Å². The summed E-state index contributed by atoms with van der Waals surface area (Å²) >= 11 is 0. The predicted octanol–water partition coefficient (Wildman–Crippen LogP) is 0.247. The third-order valence-corrected chi connectivity index (χ3v) is 4.52. The number of anilines is 1. The number of carbonyl (C=O) groups excluding carboxylic acids is 2. The Labute approximate surface area is 152 Å². The highest BCUT2D eigenvalue weighted by Crippen LogP contribution is 2.28. The minimum Gasteiger partial charge on any atom is -0.508 e. The molecule has 1 amide bonds. The van der Waals surface area contributed by atoms with Gasteiger partial charge in [-0.15, -0.1) is 0 Å². The van der Waals surface area contributed by atoms with Gasteiger partial charge < -0.3 is 10.0 Å². The van der Waals surface area contributed by atoms with Gasteiger partial charge >= 0.3 is 0 Å². The van der Waals surface area contributed by atoms with Crippen LogP contribution >= 0.6 is 0 Å². The van der Waals surface area contributed by atoms with Gasteiger partial charge in [0.25, 0.3) is 11.5 Å². The highest BCUT2D eigenvalue weighted by atomic mass is 16.3. The Morgan fingerprint density at radius 1 is 0.963 bits per heavy atom. The topological polar surface area (TPSA) is 106 Å². The van der Waals surface area contributed by atoms with Crippen LogP contribution in [-0.4, -0.2) is 34.0 Å². The van der Waals surface area contributed by atoms with E-state index in [1.54, 1.807) is 49.5 Å². The van der Waals surface area contributed by atoms with Gasteiger partial charge in [-0.2, -0.15) is 0 Å². The Morgan fingerprint density at radius 2 is 1.67 bits per heavy atom. The number of rotatable bonds is 1. The number of hydrogen-bond acceptors (Lipinski definition) is 4. The van der Waals surface area contributed by atoms with Crippen LogP contribution in [0, 0.1) is 0 Å². The second-order valence-corrected chi connectivity index (χ2v) is 6.19. The molecule has 4 rings (SSSR count). The summed E-state index contributed by atoms with van der Waals surface area (Å²) < 4.78 is 0.